The number of anilines is 1. The molecule has 98 valence electrons. The van der Waals surface area contributed by atoms with Crippen molar-refractivity contribution in [2.24, 2.45) is 0 Å². The highest BCUT2D eigenvalue weighted by Gasteiger charge is 2.19. The Morgan fingerprint density at radius 2 is 2.05 bits per heavy atom. The average Bonchev–Trinajstić information content (AvgIpc) is 2.42. The Bertz CT molecular complexity index is 521. The normalized spacial score (nSPS) is 16.6. The molecule has 1 N–H and O–H groups in total. The standard InChI is InChI=1S/C14H15BrN4/c15-12-2-1-11(10-17)14(9-12)18-13-3-6-19(7-4-13)8-5-16/h1-2,9,13,18H,3-4,6-8H2. The second-order valence-electron chi connectivity index (χ2n) is 4.65. The second kappa shape index (κ2) is 6.56. The van der Waals surface area contributed by atoms with Crippen LogP contribution in [0.1, 0.15) is 18.4 Å². The predicted molar refractivity (Wildman–Crippen MR) is 77.6 cm³/mol. The molecule has 5 heteroatoms. The van der Waals surface area contributed by atoms with Gasteiger partial charge in [0.1, 0.15) is 6.07 Å². The van der Waals surface area contributed by atoms with Gasteiger partial charge >= 0.3 is 0 Å². The molecule has 1 fully saturated rings. The van der Waals surface area contributed by atoms with Gasteiger partial charge in [0.15, 0.2) is 0 Å². The van der Waals surface area contributed by atoms with Gasteiger partial charge in [-0.05, 0) is 31.0 Å². The molecule has 1 aliphatic heterocycles. The van der Waals surface area contributed by atoms with Crippen LogP contribution in [0.5, 0.6) is 0 Å². The monoisotopic (exact) mass is 318 g/mol. The summed E-state index contributed by atoms with van der Waals surface area (Å²) in [6.45, 7) is 2.37. The van der Waals surface area contributed by atoms with Gasteiger partial charge in [-0.15, -0.1) is 0 Å². The molecule has 0 radical (unpaired) electrons. The van der Waals surface area contributed by atoms with E-state index in [0.717, 1.165) is 36.1 Å². The highest BCUT2D eigenvalue weighted by molar-refractivity contribution is 9.10. The van der Waals surface area contributed by atoms with Crippen LogP contribution in [0, 0.1) is 22.7 Å². The first-order valence-corrected chi connectivity index (χ1v) is 7.07. The lowest BCUT2D eigenvalue weighted by Gasteiger charge is -2.31. The fraction of sp³-hybridized carbons (Fsp3) is 0.429. The van der Waals surface area contributed by atoms with Gasteiger partial charge in [0.05, 0.1) is 23.9 Å². The van der Waals surface area contributed by atoms with E-state index in [1.54, 1.807) is 0 Å². The minimum Gasteiger partial charge on any atom is -0.381 e. The maximum Gasteiger partial charge on any atom is 0.101 e. The van der Waals surface area contributed by atoms with E-state index in [0.29, 0.717) is 18.2 Å². The lowest BCUT2D eigenvalue weighted by molar-refractivity contribution is 0.242. The Labute approximate surface area is 121 Å². The van der Waals surface area contributed by atoms with Gasteiger partial charge in [0.25, 0.3) is 0 Å². The minimum absolute atomic E-state index is 0.372. The Hall–Kier alpha value is -1.56. The third kappa shape index (κ3) is 3.70. The summed E-state index contributed by atoms with van der Waals surface area (Å²) >= 11 is 3.43. The quantitative estimate of drug-likeness (QED) is 0.870. The van der Waals surface area contributed by atoms with Crippen molar-refractivity contribution in [3.05, 3.63) is 28.2 Å². The first kappa shape index (κ1) is 13.9. The molecule has 1 aromatic rings. The van der Waals surface area contributed by atoms with Crippen LogP contribution < -0.4 is 5.32 Å². The number of benzene rings is 1. The van der Waals surface area contributed by atoms with Crippen LogP contribution in [0.3, 0.4) is 0 Å². The summed E-state index contributed by atoms with van der Waals surface area (Å²) < 4.78 is 0.968. The third-order valence-corrected chi connectivity index (χ3v) is 3.84. The SMILES string of the molecule is N#CCN1CCC(Nc2cc(Br)ccc2C#N)CC1. The van der Waals surface area contributed by atoms with Crippen molar-refractivity contribution in [3.63, 3.8) is 0 Å². The van der Waals surface area contributed by atoms with Crippen molar-refractivity contribution >= 4 is 21.6 Å². The highest BCUT2D eigenvalue weighted by atomic mass is 79.9. The van der Waals surface area contributed by atoms with Crippen molar-refractivity contribution in [2.45, 2.75) is 18.9 Å². The van der Waals surface area contributed by atoms with Crippen LogP contribution in [0.2, 0.25) is 0 Å². The zero-order valence-electron chi connectivity index (χ0n) is 10.6. The van der Waals surface area contributed by atoms with Crippen molar-refractivity contribution in [3.8, 4) is 12.1 Å². The molecular formula is C14H15BrN4. The van der Waals surface area contributed by atoms with E-state index in [9.17, 15) is 0 Å². The molecule has 2 rings (SSSR count). The molecule has 0 spiro atoms. The number of piperidine rings is 1. The zero-order valence-corrected chi connectivity index (χ0v) is 12.2. The fourth-order valence-corrected chi connectivity index (χ4v) is 2.65. The van der Waals surface area contributed by atoms with Crippen LogP contribution in [0.25, 0.3) is 0 Å². The molecule has 0 saturated carbocycles. The van der Waals surface area contributed by atoms with Crippen molar-refractivity contribution in [2.75, 3.05) is 25.0 Å². The number of halogens is 1. The van der Waals surface area contributed by atoms with E-state index in [2.05, 4.69) is 38.3 Å². The van der Waals surface area contributed by atoms with Crippen molar-refractivity contribution in [1.29, 1.82) is 10.5 Å². The third-order valence-electron chi connectivity index (χ3n) is 3.34. The van der Waals surface area contributed by atoms with Gasteiger partial charge in [-0.3, -0.25) is 4.90 Å². The number of hydrogen-bond acceptors (Lipinski definition) is 4. The summed E-state index contributed by atoms with van der Waals surface area (Å²) in [5.74, 6) is 0. The molecule has 0 unspecified atom stereocenters. The first-order valence-electron chi connectivity index (χ1n) is 6.28. The molecule has 4 nitrogen and oxygen atoms in total. The van der Waals surface area contributed by atoms with Crippen molar-refractivity contribution in [1.82, 2.24) is 4.90 Å². The van der Waals surface area contributed by atoms with Crippen LogP contribution in [-0.4, -0.2) is 30.6 Å². The number of rotatable bonds is 3. The topological polar surface area (TPSA) is 62.9 Å². The van der Waals surface area contributed by atoms with E-state index in [1.807, 2.05) is 18.2 Å². The Morgan fingerprint density at radius 1 is 1.32 bits per heavy atom. The van der Waals surface area contributed by atoms with Gasteiger partial charge in [0.2, 0.25) is 0 Å². The number of nitrogens with one attached hydrogen (secondary N) is 1. The van der Waals surface area contributed by atoms with Crippen LogP contribution in [-0.2, 0) is 0 Å². The molecule has 1 aliphatic rings. The molecule has 1 saturated heterocycles. The summed E-state index contributed by atoms with van der Waals surface area (Å²) in [5, 5.41) is 21.2. The highest BCUT2D eigenvalue weighted by Crippen LogP contribution is 2.23. The Kier molecular flexibility index (Phi) is 4.79. The van der Waals surface area contributed by atoms with E-state index in [4.69, 9.17) is 10.5 Å². The lowest BCUT2D eigenvalue weighted by atomic mass is 10.0. The molecule has 0 bridgehead atoms. The van der Waals surface area contributed by atoms with Crippen LogP contribution >= 0.6 is 15.9 Å². The summed E-state index contributed by atoms with van der Waals surface area (Å²) in [5.41, 5.74) is 1.55. The lowest BCUT2D eigenvalue weighted by Crippen LogP contribution is -2.39. The molecule has 19 heavy (non-hydrogen) atoms. The molecule has 0 amide bonds. The van der Waals surface area contributed by atoms with E-state index >= 15 is 0 Å². The van der Waals surface area contributed by atoms with E-state index < -0.39 is 0 Å². The van der Waals surface area contributed by atoms with E-state index in [1.165, 1.54) is 0 Å². The second-order valence-corrected chi connectivity index (χ2v) is 5.57. The van der Waals surface area contributed by atoms with Gasteiger partial charge in [0, 0.05) is 23.6 Å². The van der Waals surface area contributed by atoms with Gasteiger partial charge in [-0.1, -0.05) is 15.9 Å². The number of nitrogens with zero attached hydrogens (tertiary/aromatic N) is 3. The summed E-state index contributed by atoms with van der Waals surface area (Å²) in [7, 11) is 0. The largest absolute Gasteiger partial charge is 0.381 e. The van der Waals surface area contributed by atoms with E-state index in [-0.39, 0.29) is 0 Å². The van der Waals surface area contributed by atoms with Gasteiger partial charge < -0.3 is 5.32 Å². The Balaban J connectivity index is 1.98. The van der Waals surface area contributed by atoms with Gasteiger partial charge in [-0.2, -0.15) is 10.5 Å². The molecule has 0 aliphatic carbocycles. The molecule has 1 aromatic carbocycles. The van der Waals surface area contributed by atoms with Crippen LogP contribution in [0.15, 0.2) is 22.7 Å². The number of likely N-dealkylation sites (tertiary alicyclic amines) is 1. The smallest absolute Gasteiger partial charge is 0.101 e. The zero-order chi connectivity index (χ0) is 13.7. The predicted octanol–water partition coefficient (Wildman–Crippen LogP) is 2.72. The Morgan fingerprint density at radius 3 is 2.68 bits per heavy atom. The van der Waals surface area contributed by atoms with Crippen molar-refractivity contribution < 1.29 is 0 Å². The fourth-order valence-electron chi connectivity index (χ4n) is 2.29. The molecule has 1 heterocycles. The molecule has 0 atom stereocenters. The average molecular weight is 319 g/mol. The maximum atomic E-state index is 9.10. The summed E-state index contributed by atoms with van der Waals surface area (Å²) in [6, 6.07) is 10.4. The maximum absolute atomic E-state index is 9.10. The minimum atomic E-state index is 0.372. The van der Waals surface area contributed by atoms with Crippen LogP contribution in [0.4, 0.5) is 5.69 Å². The number of nitriles is 2. The molecule has 0 aromatic heterocycles. The van der Waals surface area contributed by atoms with Gasteiger partial charge in [-0.25, -0.2) is 0 Å². The summed E-state index contributed by atoms with van der Waals surface area (Å²) in [6.07, 6.45) is 2.00. The summed E-state index contributed by atoms with van der Waals surface area (Å²) in [4.78, 5) is 2.16. The number of hydrogen-bond donors (Lipinski definition) is 1. The molecular weight excluding hydrogens is 304 g/mol. The first-order chi connectivity index (χ1) is 9.22.